The highest BCUT2D eigenvalue weighted by atomic mass is 19.1. The number of carboxylic acids is 1. The summed E-state index contributed by atoms with van der Waals surface area (Å²) in [6, 6.07) is 7.55. The van der Waals surface area contributed by atoms with E-state index in [1.165, 1.54) is 22.9 Å². The number of aromatic carboxylic acids is 1. The Hall–Kier alpha value is -3.01. The Morgan fingerprint density at radius 1 is 1.40 bits per heavy atom. The number of halogens is 1. The molecule has 1 N–H and O–H groups in total. The van der Waals surface area contributed by atoms with Crippen LogP contribution in [0.5, 0.6) is 0 Å². The number of carbonyl (C=O) groups is 1. The van der Waals surface area contributed by atoms with E-state index in [4.69, 9.17) is 10.4 Å². The minimum atomic E-state index is -1.23. The van der Waals surface area contributed by atoms with E-state index >= 15 is 0 Å². The SMILES string of the molecule is N#CCn1nnc(C(=O)O)c1/C=C/c1ccc(F)cc1. The summed E-state index contributed by atoms with van der Waals surface area (Å²) in [4.78, 5) is 11.0. The molecule has 0 aliphatic rings. The van der Waals surface area contributed by atoms with Gasteiger partial charge in [-0.3, -0.25) is 0 Å². The van der Waals surface area contributed by atoms with Crippen LogP contribution in [-0.4, -0.2) is 26.1 Å². The van der Waals surface area contributed by atoms with Crippen molar-refractivity contribution in [2.45, 2.75) is 6.54 Å². The van der Waals surface area contributed by atoms with E-state index in [0.29, 0.717) is 5.56 Å². The van der Waals surface area contributed by atoms with Crippen molar-refractivity contribution >= 4 is 18.1 Å². The largest absolute Gasteiger partial charge is 0.476 e. The lowest BCUT2D eigenvalue weighted by molar-refractivity contribution is 0.0690. The number of nitriles is 1. The quantitative estimate of drug-likeness (QED) is 0.916. The molecule has 0 fully saturated rings. The summed E-state index contributed by atoms with van der Waals surface area (Å²) >= 11 is 0. The molecule has 0 atom stereocenters. The average molecular weight is 272 g/mol. The summed E-state index contributed by atoms with van der Waals surface area (Å²) in [7, 11) is 0. The zero-order valence-corrected chi connectivity index (χ0v) is 10.2. The molecule has 2 aromatic rings. The Bertz CT molecular complexity index is 698. The molecular weight excluding hydrogens is 263 g/mol. The van der Waals surface area contributed by atoms with Crippen molar-refractivity contribution in [1.82, 2.24) is 15.0 Å². The van der Waals surface area contributed by atoms with Crippen LogP contribution in [0.1, 0.15) is 21.7 Å². The maximum absolute atomic E-state index is 12.8. The van der Waals surface area contributed by atoms with E-state index in [0.717, 1.165) is 0 Å². The second-order valence-electron chi connectivity index (χ2n) is 3.83. The Labute approximate surface area is 113 Å². The highest BCUT2D eigenvalue weighted by molar-refractivity contribution is 5.90. The van der Waals surface area contributed by atoms with Crippen molar-refractivity contribution in [2.75, 3.05) is 0 Å². The second-order valence-corrected chi connectivity index (χ2v) is 3.83. The van der Waals surface area contributed by atoms with Crippen molar-refractivity contribution in [3.05, 3.63) is 47.0 Å². The number of benzene rings is 1. The zero-order chi connectivity index (χ0) is 14.5. The molecule has 0 saturated carbocycles. The number of rotatable bonds is 4. The van der Waals surface area contributed by atoms with Crippen molar-refractivity contribution in [1.29, 1.82) is 5.26 Å². The van der Waals surface area contributed by atoms with Crippen molar-refractivity contribution in [2.24, 2.45) is 0 Å². The predicted molar refractivity (Wildman–Crippen MR) is 67.9 cm³/mol. The maximum Gasteiger partial charge on any atom is 0.358 e. The van der Waals surface area contributed by atoms with Gasteiger partial charge in [0.15, 0.2) is 5.69 Å². The fraction of sp³-hybridized carbons (Fsp3) is 0.0769. The summed E-state index contributed by atoms with van der Waals surface area (Å²) in [5.41, 5.74) is 0.662. The summed E-state index contributed by atoms with van der Waals surface area (Å²) in [6.07, 6.45) is 3.08. The van der Waals surface area contributed by atoms with Gasteiger partial charge in [-0.05, 0) is 23.8 Å². The molecule has 0 bridgehead atoms. The molecule has 2 rings (SSSR count). The summed E-state index contributed by atoms with van der Waals surface area (Å²) in [5, 5.41) is 24.8. The highest BCUT2D eigenvalue weighted by Gasteiger charge is 2.16. The lowest BCUT2D eigenvalue weighted by Crippen LogP contribution is -2.03. The van der Waals surface area contributed by atoms with E-state index in [9.17, 15) is 9.18 Å². The molecule has 1 heterocycles. The molecule has 20 heavy (non-hydrogen) atoms. The Morgan fingerprint density at radius 3 is 2.70 bits per heavy atom. The Balaban J connectivity index is 2.36. The van der Waals surface area contributed by atoms with E-state index in [1.54, 1.807) is 18.2 Å². The van der Waals surface area contributed by atoms with Gasteiger partial charge in [-0.1, -0.05) is 23.4 Å². The van der Waals surface area contributed by atoms with Crippen LogP contribution in [0.15, 0.2) is 24.3 Å². The normalized spacial score (nSPS) is 10.6. The molecule has 0 aliphatic carbocycles. The highest BCUT2D eigenvalue weighted by Crippen LogP contribution is 2.12. The van der Waals surface area contributed by atoms with E-state index in [2.05, 4.69) is 10.3 Å². The van der Waals surface area contributed by atoms with E-state index < -0.39 is 5.97 Å². The van der Waals surface area contributed by atoms with Gasteiger partial charge in [0, 0.05) is 0 Å². The van der Waals surface area contributed by atoms with Crippen LogP contribution < -0.4 is 0 Å². The van der Waals surface area contributed by atoms with Crippen LogP contribution in [-0.2, 0) is 6.54 Å². The molecule has 0 saturated heterocycles. The zero-order valence-electron chi connectivity index (χ0n) is 10.2. The fourth-order valence-electron chi connectivity index (χ4n) is 1.57. The second kappa shape index (κ2) is 5.75. The molecule has 0 radical (unpaired) electrons. The van der Waals surface area contributed by atoms with E-state index in [1.807, 2.05) is 6.07 Å². The van der Waals surface area contributed by atoms with E-state index in [-0.39, 0.29) is 23.7 Å². The van der Waals surface area contributed by atoms with Gasteiger partial charge >= 0.3 is 5.97 Å². The lowest BCUT2D eigenvalue weighted by Gasteiger charge is -1.98. The first-order valence-corrected chi connectivity index (χ1v) is 5.59. The minimum absolute atomic E-state index is 0.108. The molecule has 0 amide bonds. The first-order valence-electron chi connectivity index (χ1n) is 5.59. The van der Waals surface area contributed by atoms with Gasteiger partial charge in [0.1, 0.15) is 12.4 Å². The molecule has 0 aliphatic heterocycles. The van der Waals surface area contributed by atoms with Gasteiger partial charge in [0.2, 0.25) is 0 Å². The van der Waals surface area contributed by atoms with Crippen LogP contribution in [0.25, 0.3) is 12.2 Å². The van der Waals surface area contributed by atoms with Gasteiger partial charge in [0.05, 0.1) is 11.8 Å². The van der Waals surface area contributed by atoms with Gasteiger partial charge < -0.3 is 5.11 Å². The number of nitrogens with zero attached hydrogens (tertiary/aromatic N) is 4. The standard InChI is InChI=1S/C13H9FN4O2/c14-10-4-1-9(2-5-10)3-6-11-12(13(19)20)16-17-18(11)8-7-15/h1-6H,8H2,(H,19,20)/b6-3+. The lowest BCUT2D eigenvalue weighted by atomic mass is 10.2. The summed E-state index contributed by atoms with van der Waals surface area (Å²) in [6.45, 7) is -0.108. The van der Waals surface area contributed by atoms with Crippen LogP contribution >= 0.6 is 0 Å². The summed E-state index contributed by atoms with van der Waals surface area (Å²) < 4.78 is 14.0. The first-order chi connectivity index (χ1) is 9.61. The predicted octanol–water partition coefficient (Wildman–Crippen LogP) is 1.81. The first kappa shape index (κ1) is 13.4. The van der Waals surface area contributed by atoms with Crippen LogP contribution in [0.2, 0.25) is 0 Å². The third-order valence-electron chi connectivity index (χ3n) is 2.50. The van der Waals surface area contributed by atoms with Gasteiger partial charge in [-0.2, -0.15) is 5.26 Å². The Morgan fingerprint density at radius 2 is 2.10 bits per heavy atom. The molecule has 1 aromatic heterocycles. The maximum atomic E-state index is 12.8. The fourth-order valence-corrected chi connectivity index (χ4v) is 1.57. The van der Waals surface area contributed by atoms with Gasteiger partial charge in [-0.25, -0.2) is 13.9 Å². The Kier molecular flexibility index (Phi) is 3.86. The van der Waals surface area contributed by atoms with Crippen LogP contribution in [0.3, 0.4) is 0 Å². The smallest absolute Gasteiger partial charge is 0.358 e. The third kappa shape index (κ3) is 2.87. The molecule has 1 aromatic carbocycles. The van der Waals surface area contributed by atoms with Crippen LogP contribution in [0, 0.1) is 17.1 Å². The average Bonchev–Trinajstić information content (AvgIpc) is 2.82. The number of hydrogen-bond acceptors (Lipinski definition) is 4. The number of carboxylic acid groups (broad SMARTS) is 1. The molecule has 6 nitrogen and oxygen atoms in total. The van der Waals surface area contributed by atoms with Crippen molar-refractivity contribution in [3.8, 4) is 6.07 Å². The van der Waals surface area contributed by atoms with Gasteiger partial charge in [-0.15, -0.1) is 5.10 Å². The third-order valence-corrected chi connectivity index (χ3v) is 2.50. The minimum Gasteiger partial charge on any atom is -0.476 e. The van der Waals surface area contributed by atoms with Crippen molar-refractivity contribution in [3.63, 3.8) is 0 Å². The van der Waals surface area contributed by atoms with Crippen molar-refractivity contribution < 1.29 is 14.3 Å². The molecule has 0 spiro atoms. The molecular formula is C13H9FN4O2. The number of hydrogen-bond donors (Lipinski definition) is 1. The topological polar surface area (TPSA) is 91.8 Å². The number of aromatic nitrogens is 3. The monoisotopic (exact) mass is 272 g/mol. The summed E-state index contributed by atoms with van der Waals surface area (Å²) in [5.74, 6) is -1.59. The van der Waals surface area contributed by atoms with Gasteiger partial charge in [0.25, 0.3) is 0 Å². The van der Waals surface area contributed by atoms with Crippen LogP contribution in [0.4, 0.5) is 4.39 Å². The molecule has 0 unspecified atom stereocenters. The molecule has 100 valence electrons. The molecule has 7 heteroatoms.